The summed E-state index contributed by atoms with van der Waals surface area (Å²) in [5.74, 6) is 1.53. The molecule has 7 heteroatoms. The third-order valence-corrected chi connectivity index (χ3v) is 8.86. The van der Waals surface area contributed by atoms with Crippen LogP contribution in [0.1, 0.15) is 67.6 Å². The van der Waals surface area contributed by atoms with Crippen LogP contribution < -0.4 is 11.1 Å². The van der Waals surface area contributed by atoms with Crippen LogP contribution in [-0.2, 0) is 11.3 Å². The summed E-state index contributed by atoms with van der Waals surface area (Å²) in [6.07, 6.45) is 6.14. The number of likely N-dealkylation sites (tertiary alicyclic amines) is 1. The molecule has 2 aliphatic rings. The van der Waals surface area contributed by atoms with E-state index in [9.17, 15) is 9.59 Å². The Morgan fingerprint density at radius 3 is 2.57 bits per heavy atom. The summed E-state index contributed by atoms with van der Waals surface area (Å²) in [5, 5.41) is 5.18. The lowest BCUT2D eigenvalue weighted by Crippen LogP contribution is -2.57. The Morgan fingerprint density at radius 1 is 1.08 bits per heavy atom. The molecule has 202 valence electrons. The molecule has 0 bridgehead atoms. The molecule has 1 saturated carbocycles. The lowest BCUT2D eigenvalue weighted by molar-refractivity contribution is -0.128. The van der Waals surface area contributed by atoms with Crippen LogP contribution >= 0.6 is 11.3 Å². The van der Waals surface area contributed by atoms with Gasteiger partial charge in [0.15, 0.2) is 0 Å². The molecule has 3 N–H and O–H groups in total. The standard InChI is InChI=1S/C30H44N4O2S/c1-22(2)20-33(21-23-8-4-3-5-9-23)26-13-14-34(30(36)28-12-7-15-37-28)27(17-26)29(35)32-19-25-11-6-10-24(16-25)18-31/h3-5,7-9,12,15,22,24-27H,6,10-11,13-14,16-21,31H2,1-2H3,(H,32,35)/t24?,25?,26?,27-/m1/s1. The summed E-state index contributed by atoms with van der Waals surface area (Å²) in [6.45, 7) is 8.32. The maximum Gasteiger partial charge on any atom is 0.264 e. The fourth-order valence-corrected chi connectivity index (χ4v) is 6.78. The van der Waals surface area contributed by atoms with E-state index in [0.717, 1.165) is 38.9 Å². The van der Waals surface area contributed by atoms with E-state index < -0.39 is 6.04 Å². The van der Waals surface area contributed by atoms with Crippen molar-refractivity contribution in [2.75, 3.05) is 26.2 Å². The molecule has 0 spiro atoms. The van der Waals surface area contributed by atoms with Crippen molar-refractivity contribution in [2.24, 2.45) is 23.5 Å². The fraction of sp³-hybridized carbons (Fsp3) is 0.600. The maximum absolute atomic E-state index is 13.7. The lowest BCUT2D eigenvalue weighted by Gasteiger charge is -2.43. The smallest absolute Gasteiger partial charge is 0.264 e. The van der Waals surface area contributed by atoms with Gasteiger partial charge in [0.2, 0.25) is 5.91 Å². The van der Waals surface area contributed by atoms with Crippen molar-refractivity contribution in [1.82, 2.24) is 15.1 Å². The Bertz CT molecular complexity index is 981. The van der Waals surface area contributed by atoms with Crippen LogP contribution in [0.15, 0.2) is 47.8 Å². The molecule has 1 aliphatic carbocycles. The van der Waals surface area contributed by atoms with Crippen LogP contribution in [0.2, 0.25) is 0 Å². The van der Waals surface area contributed by atoms with E-state index in [1.54, 1.807) is 0 Å². The van der Waals surface area contributed by atoms with Gasteiger partial charge in [0.25, 0.3) is 5.91 Å². The molecule has 2 aromatic rings. The summed E-state index contributed by atoms with van der Waals surface area (Å²) in [5.41, 5.74) is 7.22. The number of thiophene rings is 1. The summed E-state index contributed by atoms with van der Waals surface area (Å²) in [6, 6.07) is 14.1. The topological polar surface area (TPSA) is 78.7 Å². The summed E-state index contributed by atoms with van der Waals surface area (Å²) in [4.78, 5) is 32.2. The van der Waals surface area contributed by atoms with Crippen LogP contribution in [0.5, 0.6) is 0 Å². The van der Waals surface area contributed by atoms with Gasteiger partial charge in [-0.05, 0) is 73.4 Å². The molecule has 1 saturated heterocycles. The van der Waals surface area contributed by atoms with Crippen molar-refractivity contribution in [3.05, 3.63) is 58.3 Å². The van der Waals surface area contributed by atoms with E-state index in [2.05, 4.69) is 48.3 Å². The number of hydrogen-bond donors (Lipinski definition) is 2. The number of amides is 2. The molecule has 2 fully saturated rings. The normalized spacial score (nSPS) is 24.4. The number of nitrogens with two attached hydrogens (primary N) is 1. The molecule has 4 atom stereocenters. The van der Waals surface area contributed by atoms with Crippen molar-refractivity contribution >= 4 is 23.2 Å². The molecule has 37 heavy (non-hydrogen) atoms. The first-order chi connectivity index (χ1) is 17.9. The molecular weight excluding hydrogens is 480 g/mol. The average molecular weight is 525 g/mol. The van der Waals surface area contributed by atoms with E-state index in [1.165, 1.54) is 29.7 Å². The molecule has 1 aliphatic heterocycles. The van der Waals surface area contributed by atoms with Crippen molar-refractivity contribution < 1.29 is 9.59 Å². The summed E-state index contributed by atoms with van der Waals surface area (Å²) in [7, 11) is 0. The second-order valence-electron chi connectivity index (χ2n) is 11.4. The van der Waals surface area contributed by atoms with Crippen molar-refractivity contribution in [3.63, 3.8) is 0 Å². The minimum Gasteiger partial charge on any atom is -0.354 e. The van der Waals surface area contributed by atoms with Crippen LogP contribution in [0.4, 0.5) is 0 Å². The first-order valence-electron chi connectivity index (χ1n) is 14.0. The van der Waals surface area contributed by atoms with Crippen LogP contribution in [-0.4, -0.2) is 59.9 Å². The quantitative estimate of drug-likeness (QED) is 0.470. The molecule has 6 nitrogen and oxygen atoms in total. The zero-order valence-electron chi connectivity index (χ0n) is 22.5. The number of benzene rings is 1. The van der Waals surface area contributed by atoms with Gasteiger partial charge in [0.1, 0.15) is 6.04 Å². The molecular formula is C30H44N4O2S. The zero-order chi connectivity index (χ0) is 26.2. The van der Waals surface area contributed by atoms with Crippen molar-refractivity contribution in [1.29, 1.82) is 0 Å². The van der Waals surface area contributed by atoms with E-state index in [-0.39, 0.29) is 17.9 Å². The first-order valence-corrected chi connectivity index (χ1v) is 14.9. The highest BCUT2D eigenvalue weighted by Gasteiger charge is 2.39. The largest absolute Gasteiger partial charge is 0.354 e. The summed E-state index contributed by atoms with van der Waals surface area (Å²) >= 11 is 1.45. The third kappa shape index (κ3) is 7.65. The predicted molar refractivity (Wildman–Crippen MR) is 151 cm³/mol. The number of hydrogen-bond acceptors (Lipinski definition) is 5. The van der Waals surface area contributed by atoms with Gasteiger partial charge in [-0.3, -0.25) is 14.5 Å². The monoisotopic (exact) mass is 524 g/mol. The number of piperidine rings is 1. The number of rotatable bonds is 10. The maximum atomic E-state index is 13.7. The molecule has 1 aromatic carbocycles. The highest BCUT2D eigenvalue weighted by atomic mass is 32.1. The second-order valence-corrected chi connectivity index (χ2v) is 12.3. The number of nitrogens with one attached hydrogen (secondary N) is 1. The zero-order valence-corrected chi connectivity index (χ0v) is 23.3. The minimum absolute atomic E-state index is 0.00585. The van der Waals surface area contributed by atoms with Crippen LogP contribution in [0.3, 0.4) is 0 Å². The Morgan fingerprint density at radius 2 is 1.86 bits per heavy atom. The Kier molecular flexibility index (Phi) is 10.2. The Hall–Kier alpha value is -2.22. The molecule has 2 amide bonds. The van der Waals surface area contributed by atoms with Gasteiger partial charge in [-0.25, -0.2) is 0 Å². The average Bonchev–Trinajstić information content (AvgIpc) is 3.46. The minimum atomic E-state index is -0.451. The number of carbonyl (C=O) groups excluding carboxylic acids is 2. The predicted octanol–water partition coefficient (Wildman–Crippen LogP) is 4.76. The van der Waals surface area contributed by atoms with E-state index >= 15 is 0 Å². The summed E-state index contributed by atoms with van der Waals surface area (Å²) < 4.78 is 0. The van der Waals surface area contributed by atoms with E-state index in [1.807, 2.05) is 28.5 Å². The molecule has 2 heterocycles. The highest BCUT2D eigenvalue weighted by Crippen LogP contribution is 2.29. The Labute approximate surface area is 226 Å². The first kappa shape index (κ1) is 27.8. The number of nitrogens with zero attached hydrogens (tertiary/aromatic N) is 2. The molecule has 0 radical (unpaired) electrons. The fourth-order valence-electron chi connectivity index (χ4n) is 6.11. The lowest BCUT2D eigenvalue weighted by atomic mass is 9.81. The highest BCUT2D eigenvalue weighted by molar-refractivity contribution is 7.12. The van der Waals surface area contributed by atoms with E-state index in [0.29, 0.717) is 42.1 Å². The Balaban J connectivity index is 1.49. The molecule has 4 rings (SSSR count). The number of carbonyl (C=O) groups is 2. The van der Waals surface area contributed by atoms with Crippen LogP contribution in [0, 0.1) is 17.8 Å². The second kappa shape index (κ2) is 13.5. The van der Waals surface area contributed by atoms with Gasteiger partial charge < -0.3 is 16.0 Å². The van der Waals surface area contributed by atoms with Gasteiger partial charge in [-0.2, -0.15) is 0 Å². The van der Waals surface area contributed by atoms with Crippen molar-refractivity contribution in [2.45, 2.75) is 71.0 Å². The van der Waals surface area contributed by atoms with E-state index in [4.69, 9.17) is 5.73 Å². The van der Waals surface area contributed by atoms with Crippen molar-refractivity contribution in [3.8, 4) is 0 Å². The van der Waals surface area contributed by atoms with Gasteiger partial charge in [-0.15, -0.1) is 11.3 Å². The van der Waals surface area contributed by atoms with Gasteiger partial charge >= 0.3 is 0 Å². The SMILES string of the molecule is CC(C)CN(Cc1ccccc1)C1CCN(C(=O)c2cccs2)[C@@H](C(=O)NCC2CCCC(CN)C2)C1. The molecule has 3 unspecified atom stereocenters. The third-order valence-electron chi connectivity index (χ3n) is 8.00. The van der Waals surface area contributed by atoms with Gasteiger partial charge in [0.05, 0.1) is 4.88 Å². The molecule has 1 aromatic heterocycles. The van der Waals surface area contributed by atoms with Gasteiger partial charge in [-0.1, -0.05) is 56.7 Å². The van der Waals surface area contributed by atoms with Gasteiger partial charge in [0, 0.05) is 32.2 Å². The van der Waals surface area contributed by atoms with Crippen LogP contribution in [0.25, 0.3) is 0 Å².